The van der Waals surface area contributed by atoms with Crippen LogP contribution in [0.1, 0.15) is 5.56 Å². The van der Waals surface area contributed by atoms with Crippen molar-refractivity contribution >= 4 is 11.6 Å². The third-order valence-electron chi connectivity index (χ3n) is 1.25. The highest BCUT2D eigenvalue weighted by Gasteiger charge is 2.09. The molecule has 0 unspecified atom stereocenters. The molecular weight excluding hydrogens is 174 g/mol. The summed E-state index contributed by atoms with van der Waals surface area (Å²) >= 11 is 5.62. The Kier molecular flexibility index (Phi) is 2.44. The number of aryl methyl sites for hydroxylation is 1. The lowest BCUT2D eigenvalue weighted by Crippen LogP contribution is -2.07. The van der Waals surface area contributed by atoms with Crippen molar-refractivity contribution in [2.45, 2.75) is 19.9 Å². The van der Waals surface area contributed by atoms with E-state index in [9.17, 15) is 8.78 Å². The maximum Gasteiger partial charge on any atom is 0.257 e. The summed E-state index contributed by atoms with van der Waals surface area (Å²) in [7, 11) is 0. The molecule has 0 saturated heterocycles. The van der Waals surface area contributed by atoms with Crippen LogP contribution in [-0.4, -0.2) is 16.2 Å². The molecule has 0 spiro atoms. The van der Waals surface area contributed by atoms with Crippen LogP contribution in [0, 0.1) is 6.92 Å². The Morgan fingerprint density at radius 1 is 1.73 bits per heavy atom. The van der Waals surface area contributed by atoms with Gasteiger partial charge in [-0.15, -0.1) is 0 Å². The number of nitrogens with zero attached hydrogens (tertiary/aromatic N) is 2. The molecule has 0 aromatic carbocycles. The Bertz CT molecular complexity index is 247. The number of hydrogen-bond acceptors (Lipinski definition) is 1. The Hall–Kier alpha value is -0.640. The van der Waals surface area contributed by atoms with Gasteiger partial charge in [0.1, 0.15) is 11.7 Å². The van der Waals surface area contributed by atoms with E-state index in [2.05, 4.69) is 5.10 Å². The van der Waals surface area contributed by atoms with E-state index in [0.717, 1.165) is 4.68 Å². The number of halogens is 3. The zero-order chi connectivity index (χ0) is 8.43. The predicted octanol–water partition coefficient (Wildman–Crippen LogP) is 2.11. The van der Waals surface area contributed by atoms with E-state index in [1.54, 1.807) is 6.92 Å². The zero-order valence-electron chi connectivity index (χ0n) is 5.89. The summed E-state index contributed by atoms with van der Waals surface area (Å²) in [6.07, 6.45) is -0.947. The largest absolute Gasteiger partial charge is 0.257 e. The molecule has 2 nitrogen and oxygen atoms in total. The second-order valence-corrected chi connectivity index (χ2v) is 2.55. The molecule has 11 heavy (non-hydrogen) atoms. The highest BCUT2D eigenvalue weighted by Crippen LogP contribution is 2.14. The van der Waals surface area contributed by atoms with E-state index in [4.69, 9.17) is 11.6 Å². The summed E-state index contributed by atoms with van der Waals surface area (Å²) in [5.41, 5.74) is 0.715. The molecule has 62 valence electrons. The van der Waals surface area contributed by atoms with Crippen LogP contribution >= 0.6 is 11.6 Å². The van der Waals surface area contributed by atoms with Gasteiger partial charge >= 0.3 is 0 Å². The van der Waals surface area contributed by atoms with Gasteiger partial charge in [-0.3, -0.25) is 0 Å². The molecule has 0 atom stereocenters. The SMILES string of the molecule is Cc1cnn(CC(F)F)c1Cl. The highest BCUT2D eigenvalue weighted by atomic mass is 35.5. The van der Waals surface area contributed by atoms with Crippen LogP contribution in [0.2, 0.25) is 5.15 Å². The van der Waals surface area contributed by atoms with Crippen molar-refractivity contribution in [2.75, 3.05) is 0 Å². The van der Waals surface area contributed by atoms with Crippen molar-refractivity contribution in [3.63, 3.8) is 0 Å². The first kappa shape index (κ1) is 8.46. The van der Waals surface area contributed by atoms with E-state index in [1.807, 2.05) is 0 Å². The van der Waals surface area contributed by atoms with Crippen LogP contribution in [0.4, 0.5) is 8.78 Å². The molecule has 0 N–H and O–H groups in total. The van der Waals surface area contributed by atoms with Crippen LogP contribution in [0.3, 0.4) is 0 Å². The Balaban J connectivity index is 2.79. The number of hydrogen-bond donors (Lipinski definition) is 0. The van der Waals surface area contributed by atoms with E-state index >= 15 is 0 Å². The van der Waals surface area contributed by atoms with Crippen molar-refractivity contribution in [3.8, 4) is 0 Å². The molecule has 1 heterocycles. The Morgan fingerprint density at radius 3 is 2.73 bits per heavy atom. The molecule has 0 aliphatic heterocycles. The third kappa shape index (κ3) is 1.89. The number of alkyl halides is 2. The average molecular weight is 181 g/mol. The molecule has 1 aromatic heterocycles. The van der Waals surface area contributed by atoms with E-state index in [0.29, 0.717) is 5.56 Å². The fourth-order valence-corrected chi connectivity index (χ4v) is 0.883. The van der Waals surface area contributed by atoms with Crippen molar-refractivity contribution < 1.29 is 8.78 Å². The topological polar surface area (TPSA) is 17.8 Å². The van der Waals surface area contributed by atoms with Gasteiger partial charge in [0.2, 0.25) is 0 Å². The van der Waals surface area contributed by atoms with Gasteiger partial charge in [0.15, 0.2) is 0 Å². The summed E-state index contributed by atoms with van der Waals surface area (Å²) in [6.45, 7) is 1.28. The summed E-state index contributed by atoms with van der Waals surface area (Å²) in [5, 5.41) is 3.94. The van der Waals surface area contributed by atoms with Gasteiger partial charge < -0.3 is 0 Å². The van der Waals surface area contributed by atoms with Crippen LogP contribution in [0.25, 0.3) is 0 Å². The minimum atomic E-state index is -2.41. The molecule has 0 radical (unpaired) electrons. The van der Waals surface area contributed by atoms with Gasteiger partial charge in [0.05, 0.1) is 6.20 Å². The van der Waals surface area contributed by atoms with Crippen molar-refractivity contribution in [3.05, 3.63) is 16.9 Å². The summed E-state index contributed by atoms with van der Waals surface area (Å²) in [6, 6.07) is 0. The lowest BCUT2D eigenvalue weighted by Gasteiger charge is -2.00. The van der Waals surface area contributed by atoms with Crippen molar-refractivity contribution in [1.29, 1.82) is 0 Å². The van der Waals surface area contributed by atoms with Crippen molar-refractivity contribution in [1.82, 2.24) is 9.78 Å². The summed E-state index contributed by atoms with van der Waals surface area (Å²) in [5.74, 6) is 0. The molecule has 1 aromatic rings. The van der Waals surface area contributed by atoms with Gasteiger partial charge in [-0.25, -0.2) is 13.5 Å². The van der Waals surface area contributed by atoms with Crippen molar-refractivity contribution in [2.24, 2.45) is 0 Å². The minimum Gasteiger partial charge on any atom is -0.248 e. The maximum absolute atomic E-state index is 11.8. The highest BCUT2D eigenvalue weighted by molar-refractivity contribution is 6.30. The van der Waals surface area contributed by atoms with Gasteiger partial charge in [-0.05, 0) is 6.92 Å². The first-order chi connectivity index (χ1) is 5.11. The number of rotatable bonds is 2. The second kappa shape index (κ2) is 3.17. The lowest BCUT2D eigenvalue weighted by molar-refractivity contribution is 0.122. The molecule has 0 fully saturated rings. The average Bonchev–Trinajstić information content (AvgIpc) is 2.18. The van der Waals surface area contributed by atoms with Gasteiger partial charge in [-0.2, -0.15) is 5.10 Å². The van der Waals surface area contributed by atoms with Crippen LogP contribution in [0.5, 0.6) is 0 Å². The third-order valence-corrected chi connectivity index (χ3v) is 1.75. The van der Waals surface area contributed by atoms with Gasteiger partial charge in [0.25, 0.3) is 6.43 Å². The quantitative estimate of drug-likeness (QED) is 0.682. The molecular formula is C6H7ClF2N2. The number of aromatic nitrogens is 2. The van der Waals surface area contributed by atoms with Crippen LogP contribution in [-0.2, 0) is 6.54 Å². The van der Waals surface area contributed by atoms with Crippen LogP contribution in [0.15, 0.2) is 6.20 Å². The molecule has 0 aliphatic rings. The molecule has 5 heteroatoms. The minimum absolute atomic E-state index is 0.283. The van der Waals surface area contributed by atoms with E-state index in [-0.39, 0.29) is 5.15 Å². The van der Waals surface area contributed by atoms with Gasteiger partial charge in [0, 0.05) is 5.56 Å². The van der Waals surface area contributed by atoms with Gasteiger partial charge in [-0.1, -0.05) is 11.6 Å². The molecule has 0 saturated carbocycles. The Labute approximate surface area is 67.8 Å². The first-order valence-electron chi connectivity index (χ1n) is 3.07. The first-order valence-corrected chi connectivity index (χ1v) is 3.45. The molecule has 1 rings (SSSR count). The second-order valence-electron chi connectivity index (χ2n) is 2.19. The fraction of sp³-hybridized carbons (Fsp3) is 0.500. The standard InChI is InChI=1S/C6H7ClF2N2/c1-4-2-10-11(6(4)7)3-5(8)9/h2,5H,3H2,1H3. The monoisotopic (exact) mass is 180 g/mol. The normalized spacial score (nSPS) is 11.0. The zero-order valence-corrected chi connectivity index (χ0v) is 6.65. The Morgan fingerprint density at radius 2 is 2.36 bits per heavy atom. The van der Waals surface area contributed by atoms with E-state index in [1.165, 1.54) is 6.20 Å². The smallest absolute Gasteiger partial charge is 0.248 e. The molecule has 0 aliphatic carbocycles. The van der Waals surface area contributed by atoms with Crippen LogP contribution < -0.4 is 0 Å². The lowest BCUT2D eigenvalue weighted by atomic mass is 10.4. The summed E-state index contributed by atoms with van der Waals surface area (Å²) < 4.78 is 24.7. The fourth-order valence-electron chi connectivity index (χ4n) is 0.722. The maximum atomic E-state index is 11.8. The summed E-state index contributed by atoms with van der Waals surface area (Å²) in [4.78, 5) is 0. The molecule has 0 amide bonds. The predicted molar refractivity (Wildman–Crippen MR) is 38.0 cm³/mol. The molecule has 0 bridgehead atoms. The van der Waals surface area contributed by atoms with E-state index < -0.39 is 13.0 Å².